The van der Waals surface area contributed by atoms with E-state index in [2.05, 4.69) is 17.4 Å². The molecule has 1 fully saturated rings. The number of carbonyl (C=O) groups is 2. The highest BCUT2D eigenvalue weighted by atomic mass is 16.5. The Bertz CT molecular complexity index is 1110. The third-order valence-electron chi connectivity index (χ3n) is 5.96. The number of ether oxygens (including phenoxy) is 2. The minimum absolute atomic E-state index is 0.0184. The quantitative estimate of drug-likeness (QED) is 0.628. The monoisotopic (exact) mass is 444 g/mol. The summed E-state index contributed by atoms with van der Waals surface area (Å²) in [4.78, 5) is 27.5. The fourth-order valence-electron chi connectivity index (χ4n) is 4.08. The van der Waals surface area contributed by atoms with Crippen molar-refractivity contribution in [1.29, 1.82) is 0 Å². The highest BCUT2D eigenvalue weighted by Gasteiger charge is 2.28. The summed E-state index contributed by atoms with van der Waals surface area (Å²) in [6, 6.07) is 23.3. The van der Waals surface area contributed by atoms with E-state index in [0.717, 1.165) is 22.4 Å². The van der Waals surface area contributed by atoms with E-state index in [4.69, 9.17) is 9.47 Å². The normalized spacial score (nSPS) is 16.0. The first-order valence-corrected chi connectivity index (χ1v) is 11.0. The predicted octanol–water partition coefficient (Wildman–Crippen LogP) is 3.80. The molecule has 0 bridgehead atoms. The zero-order valence-corrected chi connectivity index (χ0v) is 18.9. The predicted molar refractivity (Wildman–Crippen MR) is 128 cm³/mol. The van der Waals surface area contributed by atoms with Crippen LogP contribution in [0.1, 0.15) is 15.9 Å². The van der Waals surface area contributed by atoms with Gasteiger partial charge in [-0.15, -0.1) is 0 Å². The lowest BCUT2D eigenvalue weighted by molar-refractivity contribution is -0.124. The second-order valence-corrected chi connectivity index (χ2v) is 8.10. The standard InChI is InChI=1S/C27H28N2O4/c1-32-24-12-10-21(11-13-24)20-8-6-19(7-9-20)16-23-18-29(15-14-28-26(23)30)27(31)22-4-3-5-25(17-22)33-2/h3-13,17,23H,14-16,18H2,1-2H3,(H,28,30). The zero-order valence-electron chi connectivity index (χ0n) is 18.9. The number of benzene rings is 3. The molecular formula is C27H28N2O4. The Balaban J connectivity index is 1.46. The summed E-state index contributed by atoms with van der Waals surface area (Å²) in [6.07, 6.45) is 0.566. The SMILES string of the molecule is COc1ccc(-c2ccc(CC3CN(C(=O)c4cccc(OC)c4)CCNC3=O)cc2)cc1. The lowest BCUT2D eigenvalue weighted by Crippen LogP contribution is -2.37. The molecule has 0 aliphatic carbocycles. The fraction of sp³-hybridized carbons (Fsp3) is 0.259. The van der Waals surface area contributed by atoms with Gasteiger partial charge in [0, 0.05) is 25.2 Å². The average molecular weight is 445 g/mol. The molecule has 1 N–H and O–H groups in total. The number of nitrogens with one attached hydrogen (secondary N) is 1. The van der Waals surface area contributed by atoms with E-state index in [-0.39, 0.29) is 17.7 Å². The maximum atomic E-state index is 13.1. The van der Waals surface area contributed by atoms with E-state index in [1.54, 1.807) is 37.3 Å². The van der Waals surface area contributed by atoms with Gasteiger partial charge in [0.25, 0.3) is 5.91 Å². The Labute approximate surface area is 194 Å². The number of carbonyl (C=O) groups excluding carboxylic acids is 2. The van der Waals surface area contributed by atoms with E-state index < -0.39 is 0 Å². The topological polar surface area (TPSA) is 67.9 Å². The van der Waals surface area contributed by atoms with Gasteiger partial charge in [0.05, 0.1) is 20.1 Å². The van der Waals surface area contributed by atoms with Crippen molar-refractivity contribution in [2.24, 2.45) is 5.92 Å². The van der Waals surface area contributed by atoms with Crippen molar-refractivity contribution in [1.82, 2.24) is 10.2 Å². The van der Waals surface area contributed by atoms with Gasteiger partial charge in [0.1, 0.15) is 11.5 Å². The first-order valence-electron chi connectivity index (χ1n) is 11.0. The van der Waals surface area contributed by atoms with Crippen LogP contribution in [0, 0.1) is 5.92 Å². The summed E-state index contributed by atoms with van der Waals surface area (Å²) in [5.74, 6) is 1.04. The molecule has 1 heterocycles. The molecule has 6 heteroatoms. The molecule has 0 aromatic heterocycles. The molecule has 1 unspecified atom stereocenters. The van der Waals surface area contributed by atoms with Crippen LogP contribution in [0.25, 0.3) is 11.1 Å². The zero-order chi connectivity index (χ0) is 23.2. The molecule has 0 radical (unpaired) electrons. The number of methoxy groups -OCH3 is 2. The van der Waals surface area contributed by atoms with Gasteiger partial charge in [0.2, 0.25) is 5.91 Å². The Morgan fingerprint density at radius 2 is 1.61 bits per heavy atom. The molecule has 0 saturated carbocycles. The summed E-state index contributed by atoms with van der Waals surface area (Å²) in [6.45, 7) is 1.30. The molecule has 1 aliphatic heterocycles. The van der Waals surface area contributed by atoms with Crippen molar-refractivity contribution < 1.29 is 19.1 Å². The number of amides is 2. The molecule has 4 rings (SSSR count). The lowest BCUT2D eigenvalue weighted by atomic mass is 9.96. The van der Waals surface area contributed by atoms with E-state index in [1.807, 2.05) is 42.5 Å². The van der Waals surface area contributed by atoms with Crippen molar-refractivity contribution in [3.8, 4) is 22.6 Å². The van der Waals surface area contributed by atoms with Crippen molar-refractivity contribution in [2.45, 2.75) is 6.42 Å². The molecule has 1 aliphatic rings. The minimum Gasteiger partial charge on any atom is -0.497 e. The Kier molecular flexibility index (Phi) is 6.93. The summed E-state index contributed by atoms with van der Waals surface area (Å²) in [5.41, 5.74) is 3.82. The van der Waals surface area contributed by atoms with Crippen molar-refractivity contribution >= 4 is 11.8 Å². The van der Waals surface area contributed by atoms with E-state index in [1.165, 1.54) is 0 Å². The van der Waals surface area contributed by atoms with Crippen LogP contribution in [0.4, 0.5) is 0 Å². The number of hydrogen-bond acceptors (Lipinski definition) is 4. The average Bonchev–Trinajstić information content (AvgIpc) is 3.05. The third-order valence-corrected chi connectivity index (χ3v) is 5.96. The highest BCUT2D eigenvalue weighted by Crippen LogP contribution is 2.24. The largest absolute Gasteiger partial charge is 0.497 e. The van der Waals surface area contributed by atoms with Gasteiger partial charge in [-0.1, -0.05) is 42.5 Å². The van der Waals surface area contributed by atoms with Crippen LogP contribution in [0.3, 0.4) is 0 Å². The number of hydrogen-bond donors (Lipinski definition) is 1. The molecule has 0 spiro atoms. The van der Waals surface area contributed by atoms with Gasteiger partial charge in [-0.2, -0.15) is 0 Å². The van der Waals surface area contributed by atoms with Crippen LogP contribution in [0.15, 0.2) is 72.8 Å². The van der Waals surface area contributed by atoms with E-state index >= 15 is 0 Å². The molecule has 33 heavy (non-hydrogen) atoms. The van der Waals surface area contributed by atoms with Crippen LogP contribution in [0.5, 0.6) is 11.5 Å². The first kappa shape index (κ1) is 22.4. The molecule has 170 valence electrons. The maximum Gasteiger partial charge on any atom is 0.254 e. The van der Waals surface area contributed by atoms with Gasteiger partial charge in [0.15, 0.2) is 0 Å². The smallest absolute Gasteiger partial charge is 0.254 e. The summed E-state index contributed by atoms with van der Waals surface area (Å²) in [7, 11) is 3.23. The number of rotatable bonds is 6. The van der Waals surface area contributed by atoms with Crippen molar-refractivity contribution in [3.63, 3.8) is 0 Å². The summed E-state index contributed by atoms with van der Waals surface area (Å²) < 4.78 is 10.5. The van der Waals surface area contributed by atoms with Crippen LogP contribution < -0.4 is 14.8 Å². The third kappa shape index (κ3) is 5.34. The Morgan fingerprint density at radius 1 is 0.939 bits per heavy atom. The van der Waals surface area contributed by atoms with Gasteiger partial charge < -0.3 is 19.7 Å². The van der Waals surface area contributed by atoms with Crippen LogP contribution in [0.2, 0.25) is 0 Å². The second-order valence-electron chi connectivity index (χ2n) is 8.10. The lowest BCUT2D eigenvalue weighted by Gasteiger charge is -2.23. The molecule has 6 nitrogen and oxygen atoms in total. The van der Waals surface area contributed by atoms with Gasteiger partial charge >= 0.3 is 0 Å². The van der Waals surface area contributed by atoms with Crippen molar-refractivity contribution in [2.75, 3.05) is 33.9 Å². The number of nitrogens with zero attached hydrogens (tertiary/aromatic N) is 1. The Morgan fingerprint density at radius 3 is 2.27 bits per heavy atom. The molecule has 3 aromatic carbocycles. The molecule has 2 amide bonds. The molecule has 3 aromatic rings. The first-order chi connectivity index (χ1) is 16.1. The van der Waals surface area contributed by atoms with Gasteiger partial charge in [-0.05, 0) is 53.4 Å². The minimum atomic E-state index is -0.311. The van der Waals surface area contributed by atoms with E-state index in [9.17, 15) is 9.59 Å². The second kappa shape index (κ2) is 10.2. The summed E-state index contributed by atoms with van der Waals surface area (Å²) in [5, 5.41) is 2.95. The highest BCUT2D eigenvalue weighted by molar-refractivity contribution is 5.95. The Hall–Kier alpha value is -3.80. The van der Waals surface area contributed by atoms with Crippen LogP contribution >= 0.6 is 0 Å². The molecule has 1 atom stereocenters. The van der Waals surface area contributed by atoms with E-state index in [0.29, 0.717) is 37.4 Å². The molecule has 1 saturated heterocycles. The van der Waals surface area contributed by atoms with Gasteiger partial charge in [-0.3, -0.25) is 9.59 Å². The fourth-order valence-corrected chi connectivity index (χ4v) is 4.08. The molecular weight excluding hydrogens is 416 g/mol. The van der Waals surface area contributed by atoms with Crippen molar-refractivity contribution in [3.05, 3.63) is 83.9 Å². The summed E-state index contributed by atoms with van der Waals surface area (Å²) >= 11 is 0. The van der Waals surface area contributed by atoms with Crippen LogP contribution in [-0.2, 0) is 11.2 Å². The van der Waals surface area contributed by atoms with Crippen LogP contribution in [-0.4, -0.2) is 50.6 Å². The maximum absolute atomic E-state index is 13.1. The van der Waals surface area contributed by atoms with Gasteiger partial charge in [-0.25, -0.2) is 0 Å².